The molecule has 0 saturated heterocycles. The van der Waals surface area contributed by atoms with Gasteiger partial charge in [0, 0.05) is 39.7 Å². The van der Waals surface area contributed by atoms with Crippen LogP contribution in [0.1, 0.15) is 38.2 Å². The minimum atomic E-state index is -0.258. The molecule has 5 aromatic rings. The Morgan fingerprint density at radius 2 is 1.79 bits per heavy atom. The quantitative estimate of drug-likeness (QED) is 0.181. The highest BCUT2D eigenvalue weighted by molar-refractivity contribution is 6.02. The summed E-state index contributed by atoms with van der Waals surface area (Å²) in [6.45, 7) is 1.88. The molecule has 7 heteroatoms. The van der Waals surface area contributed by atoms with Gasteiger partial charge < -0.3 is 16.0 Å². The summed E-state index contributed by atoms with van der Waals surface area (Å²) in [5.41, 5.74) is 13.2. The number of rotatable bonds is 6. The van der Waals surface area contributed by atoms with Gasteiger partial charge in [-0.25, -0.2) is 4.39 Å². The maximum absolute atomic E-state index is 14.6. The third-order valence-electron chi connectivity index (χ3n) is 7.58. The summed E-state index contributed by atoms with van der Waals surface area (Å²) in [5.74, 6) is -0.0797. The molecule has 0 spiro atoms. The Bertz CT molecular complexity index is 1750. The molecule has 1 fully saturated rings. The number of carbonyl (C=O) groups excluding carboxylic acids is 1. The van der Waals surface area contributed by atoms with Crippen LogP contribution in [0.15, 0.2) is 84.7 Å². The molecule has 3 aromatic carbocycles. The molecular weight excluding hydrogens is 489 g/mol. The highest BCUT2D eigenvalue weighted by Gasteiger charge is 2.22. The zero-order chi connectivity index (χ0) is 26.9. The van der Waals surface area contributed by atoms with Crippen LogP contribution in [-0.4, -0.2) is 21.1 Å². The Morgan fingerprint density at radius 3 is 2.59 bits per heavy atom. The summed E-state index contributed by atoms with van der Waals surface area (Å²) in [5, 5.41) is 12.6. The minimum Gasteiger partial charge on any atom is -0.404 e. The van der Waals surface area contributed by atoms with E-state index in [1.807, 2.05) is 61.5 Å². The fourth-order valence-corrected chi connectivity index (χ4v) is 5.58. The zero-order valence-corrected chi connectivity index (χ0v) is 21.7. The van der Waals surface area contributed by atoms with Crippen LogP contribution >= 0.6 is 0 Å². The fourth-order valence-electron chi connectivity index (χ4n) is 5.58. The Morgan fingerprint density at radius 1 is 1.00 bits per heavy atom. The number of hydrogen-bond donors (Lipinski definition) is 4. The number of nitrogens with zero attached hydrogens (tertiary/aromatic N) is 1. The van der Waals surface area contributed by atoms with Crippen molar-refractivity contribution in [3.8, 4) is 22.5 Å². The van der Waals surface area contributed by atoms with Gasteiger partial charge in [0.15, 0.2) is 0 Å². The number of H-pyrrole nitrogens is 2. The lowest BCUT2D eigenvalue weighted by Crippen LogP contribution is -2.27. The van der Waals surface area contributed by atoms with Crippen LogP contribution in [0.25, 0.3) is 49.9 Å². The van der Waals surface area contributed by atoms with Crippen molar-refractivity contribution in [1.82, 2.24) is 20.5 Å². The van der Waals surface area contributed by atoms with Crippen molar-refractivity contribution in [1.29, 1.82) is 0 Å². The average Bonchev–Trinajstić information content (AvgIpc) is 3.71. The van der Waals surface area contributed by atoms with Crippen molar-refractivity contribution in [2.24, 2.45) is 11.7 Å². The molecule has 0 radical (unpaired) electrons. The molecule has 0 aliphatic heterocycles. The predicted octanol–water partition coefficient (Wildman–Crippen LogP) is 7.03. The zero-order valence-electron chi connectivity index (χ0n) is 21.7. The van der Waals surface area contributed by atoms with Crippen LogP contribution in [0, 0.1) is 11.7 Å². The van der Waals surface area contributed by atoms with Crippen molar-refractivity contribution in [3.63, 3.8) is 0 Å². The van der Waals surface area contributed by atoms with Gasteiger partial charge in [0.1, 0.15) is 11.5 Å². The summed E-state index contributed by atoms with van der Waals surface area (Å²) in [6.07, 6.45) is 7.58. The number of aromatic nitrogens is 3. The number of allylic oxidation sites excluding steroid dienone is 3. The molecule has 0 atom stereocenters. The van der Waals surface area contributed by atoms with Crippen LogP contribution < -0.4 is 11.1 Å². The van der Waals surface area contributed by atoms with E-state index in [9.17, 15) is 9.18 Å². The van der Waals surface area contributed by atoms with Gasteiger partial charge in [-0.1, -0.05) is 49.2 Å². The van der Waals surface area contributed by atoms with E-state index in [0.29, 0.717) is 5.56 Å². The lowest BCUT2D eigenvalue weighted by molar-refractivity contribution is -0.124. The molecule has 1 saturated carbocycles. The van der Waals surface area contributed by atoms with Crippen molar-refractivity contribution in [2.45, 2.75) is 32.6 Å². The summed E-state index contributed by atoms with van der Waals surface area (Å²) >= 11 is 0. The smallest absolute Gasteiger partial charge is 0.227 e. The first-order chi connectivity index (χ1) is 19.0. The van der Waals surface area contributed by atoms with Crippen molar-refractivity contribution >= 4 is 33.3 Å². The lowest BCUT2D eigenvalue weighted by atomic mass is 10.0. The fraction of sp³-hybridized carbons (Fsp3) is 0.188. The number of carbonyl (C=O) groups is 1. The van der Waals surface area contributed by atoms with Crippen LogP contribution in [-0.2, 0) is 4.79 Å². The largest absolute Gasteiger partial charge is 0.404 e. The Labute approximate surface area is 225 Å². The first-order valence-electron chi connectivity index (χ1n) is 13.3. The lowest BCUT2D eigenvalue weighted by Gasteiger charge is -2.11. The third kappa shape index (κ3) is 4.72. The molecule has 6 nitrogen and oxygen atoms in total. The highest BCUT2D eigenvalue weighted by atomic mass is 19.1. The second-order valence-corrected chi connectivity index (χ2v) is 10.2. The Kier molecular flexibility index (Phi) is 6.49. The van der Waals surface area contributed by atoms with Crippen LogP contribution in [0.4, 0.5) is 4.39 Å². The van der Waals surface area contributed by atoms with E-state index >= 15 is 0 Å². The normalized spacial score (nSPS) is 14.9. The summed E-state index contributed by atoms with van der Waals surface area (Å²) in [6, 6.07) is 20.6. The average molecular weight is 520 g/mol. The maximum Gasteiger partial charge on any atom is 0.227 e. The highest BCUT2D eigenvalue weighted by Crippen LogP contribution is 2.35. The number of aromatic amines is 2. The number of benzene rings is 3. The van der Waals surface area contributed by atoms with Gasteiger partial charge in [-0.05, 0) is 72.9 Å². The van der Waals surface area contributed by atoms with Crippen LogP contribution in [0.5, 0.6) is 0 Å². The standard InChI is InChI=1S/C32H30FN5O/c1-19(35-32(39)20-7-2-3-8-20)15-22(18-34)21-13-14-29-26(16-21)31(38-37-29)30-17-25-23(10-6-12-28(25)36-30)24-9-4-5-11-27(24)33/h4-6,9-18,20,36H,2-3,7-8,34H2,1H3,(H,35,39)(H,37,38)/b19-15+,22-18+. The third-order valence-corrected chi connectivity index (χ3v) is 7.58. The molecule has 39 heavy (non-hydrogen) atoms. The number of nitrogens with one attached hydrogen (secondary N) is 3. The maximum atomic E-state index is 14.6. The Balaban J connectivity index is 1.35. The second-order valence-electron chi connectivity index (χ2n) is 10.2. The molecule has 0 unspecified atom stereocenters. The van der Waals surface area contributed by atoms with Gasteiger partial charge in [-0.15, -0.1) is 0 Å². The number of halogens is 1. The number of nitrogens with two attached hydrogens (primary N) is 1. The molecule has 5 N–H and O–H groups in total. The summed E-state index contributed by atoms with van der Waals surface area (Å²) < 4.78 is 14.6. The van der Waals surface area contributed by atoms with E-state index in [0.717, 1.165) is 81.3 Å². The van der Waals surface area contributed by atoms with Crippen molar-refractivity contribution in [3.05, 3.63) is 96.1 Å². The van der Waals surface area contributed by atoms with Crippen LogP contribution in [0.3, 0.4) is 0 Å². The van der Waals surface area contributed by atoms with E-state index in [2.05, 4.69) is 20.5 Å². The monoisotopic (exact) mass is 519 g/mol. The first kappa shape index (κ1) is 24.7. The molecule has 196 valence electrons. The van der Waals surface area contributed by atoms with E-state index in [1.54, 1.807) is 18.3 Å². The van der Waals surface area contributed by atoms with E-state index < -0.39 is 0 Å². The molecule has 6 rings (SSSR count). The van der Waals surface area contributed by atoms with Gasteiger partial charge in [-0.3, -0.25) is 9.89 Å². The molecule has 0 bridgehead atoms. The predicted molar refractivity (Wildman–Crippen MR) is 155 cm³/mol. The van der Waals surface area contributed by atoms with E-state index in [4.69, 9.17) is 5.73 Å². The minimum absolute atomic E-state index is 0.0822. The molecule has 2 heterocycles. The molecular formula is C32H30FN5O. The first-order valence-corrected chi connectivity index (χ1v) is 13.3. The molecule has 2 aromatic heterocycles. The number of fused-ring (bicyclic) bond motifs is 2. The van der Waals surface area contributed by atoms with Crippen LogP contribution in [0.2, 0.25) is 0 Å². The topological polar surface area (TPSA) is 99.6 Å². The van der Waals surface area contributed by atoms with Gasteiger partial charge in [0.25, 0.3) is 0 Å². The van der Waals surface area contributed by atoms with Gasteiger partial charge >= 0.3 is 0 Å². The van der Waals surface area contributed by atoms with E-state index in [1.165, 1.54) is 6.07 Å². The Hall–Kier alpha value is -4.65. The molecule has 1 aliphatic carbocycles. The summed E-state index contributed by atoms with van der Waals surface area (Å²) in [4.78, 5) is 16.0. The molecule has 1 aliphatic rings. The van der Waals surface area contributed by atoms with Crippen molar-refractivity contribution in [2.75, 3.05) is 0 Å². The second kappa shape index (κ2) is 10.3. The number of amides is 1. The number of hydrogen-bond acceptors (Lipinski definition) is 3. The molecule has 1 amide bonds. The van der Waals surface area contributed by atoms with Crippen molar-refractivity contribution < 1.29 is 9.18 Å². The van der Waals surface area contributed by atoms with Gasteiger partial charge in [0.2, 0.25) is 5.91 Å². The van der Waals surface area contributed by atoms with Gasteiger partial charge in [0.05, 0.1) is 11.2 Å². The van der Waals surface area contributed by atoms with E-state index in [-0.39, 0.29) is 17.6 Å². The van der Waals surface area contributed by atoms with Gasteiger partial charge in [-0.2, -0.15) is 5.10 Å². The SMILES string of the molecule is C/C(=C\C(=C/N)c1ccc2[nH]nc(-c3cc4c(-c5ccccc5F)cccc4[nH]3)c2c1)NC(=O)C1CCCC1. The summed E-state index contributed by atoms with van der Waals surface area (Å²) in [7, 11) is 0.